The molecule has 0 bridgehead atoms. The fraction of sp³-hybridized carbons (Fsp3) is 0.176. The Hall–Kier alpha value is -2.14. The number of nitrogens with zero attached hydrogens (tertiary/aromatic N) is 1. The second-order valence-electron chi connectivity index (χ2n) is 5.11. The Balaban J connectivity index is 1.94. The Morgan fingerprint density at radius 2 is 1.77 bits per heavy atom. The average Bonchev–Trinajstić information content (AvgIpc) is 2.55. The first-order chi connectivity index (χ1) is 10.7. The van der Waals surface area contributed by atoms with Crippen LogP contribution in [0.25, 0.3) is 0 Å². The van der Waals surface area contributed by atoms with Gasteiger partial charge in [0.2, 0.25) is 5.91 Å². The van der Waals surface area contributed by atoms with Crippen molar-refractivity contribution in [3.05, 3.63) is 70.2 Å². The van der Waals surface area contributed by atoms with Crippen LogP contribution in [0, 0.1) is 0 Å². The Bertz CT molecular complexity index is 686. The van der Waals surface area contributed by atoms with Crippen molar-refractivity contribution in [2.24, 2.45) is 0 Å². The smallest absolute Gasteiger partial charge is 0.254 e. The molecule has 0 spiro atoms. The fourth-order valence-electron chi connectivity index (χ4n) is 2.61. The second-order valence-corrected chi connectivity index (χ2v) is 6.03. The van der Waals surface area contributed by atoms with Gasteiger partial charge in [0.15, 0.2) is 0 Å². The minimum Gasteiger partial charge on any atom is -0.352 e. The highest BCUT2D eigenvalue weighted by Gasteiger charge is 2.34. The lowest BCUT2D eigenvalue weighted by Crippen LogP contribution is -2.52. The quantitative estimate of drug-likeness (QED) is 0.897. The summed E-state index contributed by atoms with van der Waals surface area (Å²) in [5.74, 6) is -0.265. The van der Waals surface area contributed by atoms with E-state index in [0.717, 1.165) is 10.0 Å². The maximum atomic E-state index is 12.8. The molecule has 2 amide bonds. The Morgan fingerprint density at radius 1 is 1.09 bits per heavy atom. The van der Waals surface area contributed by atoms with E-state index in [9.17, 15) is 9.59 Å². The summed E-state index contributed by atoms with van der Waals surface area (Å²) in [6.45, 7) is 0.977. The third-order valence-corrected chi connectivity index (χ3v) is 4.21. The van der Waals surface area contributed by atoms with E-state index >= 15 is 0 Å². The van der Waals surface area contributed by atoms with Gasteiger partial charge in [-0.3, -0.25) is 9.59 Å². The number of nitrogens with one attached hydrogen (secondary N) is 1. The number of halogens is 1. The zero-order valence-electron chi connectivity index (χ0n) is 11.8. The molecule has 1 unspecified atom stereocenters. The van der Waals surface area contributed by atoms with Gasteiger partial charge in [-0.2, -0.15) is 0 Å². The molecule has 0 aromatic heterocycles. The number of benzene rings is 2. The van der Waals surface area contributed by atoms with Gasteiger partial charge >= 0.3 is 0 Å². The van der Waals surface area contributed by atoms with Crippen molar-refractivity contribution < 1.29 is 9.59 Å². The molecule has 0 aliphatic carbocycles. The molecule has 2 aromatic carbocycles. The largest absolute Gasteiger partial charge is 0.352 e. The summed E-state index contributed by atoms with van der Waals surface area (Å²) in [4.78, 5) is 26.7. The number of hydrogen-bond donors (Lipinski definition) is 1. The lowest BCUT2D eigenvalue weighted by molar-refractivity contribution is -0.128. The molecule has 1 aliphatic heterocycles. The number of hydrogen-bond acceptors (Lipinski definition) is 2. The molecule has 1 fully saturated rings. The average molecular weight is 359 g/mol. The standard InChI is InChI=1S/C17H15BrN2O2/c18-14-8-6-13(7-9-14)17(22)20-11-10-19-16(21)15(20)12-4-2-1-3-5-12/h1-9,15H,10-11H2,(H,19,21). The summed E-state index contributed by atoms with van der Waals surface area (Å²) in [6.07, 6.45) is 0. The second kappa shape index (κ2) is 6.32. The summed E-state index contributed by atoms with van der Waals surface area (Å²) in [6, 6.07) is 16.0. The van der Waals surface area contributed by atoms with E-state index in [1.54, 1.807) is 17.0 Å². The van der Waals surface area contributed by atoms with E-state index in [1.807, 2.05) is 42.5 Å². The van der Waals surface area contributed by atoms with E-state index in [0.29, 0.717) is 18.7 Å². The van der Waals surface area contributed by atoms with Crippen LogP contribution in [0.5, 0.6) is 0 Å². The van der Waals surface area contributed by atoms with E-state index in [-0.39, 0.29) is 11.8 Å². The summed E-state index contributed by atoms with van der Waals surface area (Å²) in [7, 11) is 0. The zero-order chi connectivity index (χ0) is 15.5. The lowest BCUT2D eigenvalue weighted by atomic mass is 10.0. The van der Waals surface area contributed by atoms with Crippen molar-refractivity contribution in [3.8, 4) is 0 Å². The van der Waals surface area contributed by atoms with Gasteiger partial charge in [0.05, 0.1) is 0 Å². The summed E-state index contributed by atoms with van der Waals surface area (Å²) < 4.78 is 0.917. The van der Waals surface area contributed by atoms with Crippen molar-refractivity contribution >= 4 is 27.7 Å². The predicted octanol–water partition coefficient (Wildman–Crippen LogP) is 2.76. The van der Waals surface area contributed by atoms with Crippen LogP contribution >= 0.6 is 15.9 Å². The minimum atomic E-state index is -0.578. The normalized spacial score (nSPS) is 18.0. The molecular weight excluding hydrogens is 344 g/mol. The monoisotopic (exact) mass is 358 g/mol. The van der Waals surface area contributed by atoms with E-state index < -0.39 is 6.04 Å². The van der Waals surface area contributed by atoms with Gasteiger partial charge in [-0.15, -0.1) is 0 Å². The Morgan fingerprint density at radius 3 is 2.45 bits per heavy atom. The van der Waals surface area contributed by atoms with Crippen molar-refractivity contribution in [2.45, 2.75) is 6.04 Å². The van der Waals surface area contributed by atoms with Gasteiger partial charge < -0.3 is 10.2 Å². The van der Waals surface area contributed by atoms with Crippen molar-refractivity contribution in [1.82, 2.24) is 10.2 Å². The molecule has 0 radical (unpaired) electrons. The molecule has 1 aliphatic rings. The highest BCUT2D eigenvalue weighted by Crippen LogP contribution is 2.25. The lowest BCUT2D eigenvalue weighted by Gasteiger charge is -2.35. The first-order valence-corrected chi connectivity index (χ1v) is 7.85. The molecule has 112 valence electrons. The van der Waals surface area contributed by atoms with Gasteiger partial charge in [0.1, 0.15) is 6.04 Å². The van der Waals surface area contributed by atoms with Crippen LogP contribution in [0.1, 0.15) is 22.0 Å². The summed E-state index contributed by atoms with van der Waals surface area (Å²) in [5.41, 5.74) is 1.41. The molecule has 1 saturated heterocycles. The number of piperazine rings is 1. The van der Waals surface area contributed by atoms with Crippen molar-refractivity contribution in [2.75, 3.05) is 13.1 Å². The fourth-order valence-corrected chi connectivity index (χ4v) is 2.87. The summed E-state index contributed by atoms with van der Waals surface area (Å²) >= 11 is 3.36. The topological polar surface area (TPSA) is 49.4 Å². The Kier molecular flexibility index (Phi) is 4.24. The minimum absolute atomic E-state index is 0.129. The van der Waals surface area contributed by atoms with Crippen molar-refractivity contribution in [3.63, 3.8) is 0 Å². The van der Waals surface area contributed by atoms with Crippen LogP contribution < -0.4 is 5.32 Å². The molecule has 22 heavy (non-hydrogen) atoms. The maximum Gasteiger partial charge on any atom is 0.254 e. The van der Waals surface area contributed by atoms with Gasteiger partial charge in [-0.1, -0.05) is 46.3 Å². The van der Waals surface area contributed by atoms with E-state index in [4.69, 9.17) is 0 Å². The predicted molar refractivity (Wildman–Crippen MR) is 87.4 cm³/mol. The maximum absolute atomic E-state index is 12.8. The molecule has 0 saturated carbocycles. The summed E-state index contributed by atoms with van der Waals surface area (Å²) in [5, 5.41) is 2.84. The van der Waals surface area contributed by atoms with Crippen LogP contribution in [-0.4, -0.2) is 29.8 Å². The van der Waals surface area contributed by atoms with Crippen LogP contribution in [0.15, 0.2) is 59.1 Å². The molecule has 3 rings (SSSR count). The molecule has 1 atom stereocenters. The van der Waals surface area contributed by atoms with Gasteiger partial charge in [-0.05, 0) is 29.8 Å². The molecule has 1 N–H and O–H groups in total. The molecule has 4 nitrogen and oxygen atoms in total. The van der Waals surface area contributed by atoms with Crippen LogP contribution in [-0.2, 0) is 4.79 Å². The number of amides is 2. The molecular formula is C17H15BrN2O2. The van der Waals surface area contributed by atoms with Gasteiger partial charge in [-0.25, -0.2) is 0 Å². The van der Waals surface area contributed by atoms with Gasteiger partial charge in [0.25, 0.3) is 5.91 Å². The number of rotatable bonds is 2. The highest BCUT2D eigenvalue weighted by molar-refractivity contribution is 9.10. The zero-order valence-corrected chi connectivity index (χ0v) is 13.4. The first kappa shape index (κ1) is 14.8. The number of carbonyl (C=O) groups is 2. The third-order valence-electron chi connectivity index (χ3n) is 3.68. The van der Waals surface area contributed by atoms with Crippen LogP contribution in [0.2, 0.25) is 0 Å². The van der Waals surface area contributed by atoms with Crippen LogP contribution in [0.4, 0.5) is 0 Å². The third kappa shape index (κ3) is 2.90. The van der Waals surface area contributed by atoms with E-state index in [1.165, 1.54) is 0 Å². The first-order valence-electron chi connectivity index (χ1n) is 7.06. The molecule has 2 aromatic rings. The van der Waals surface area contributed by atoms with E-state index in [2.05, 4.69) is 21.2 Å². The van der Waals surface area contributed by atoms with Crippen molar-refractivity contribution in [1.29, 1.82) is 0 Å². The SMILES string of the molecule is O=C1NCCN(C(=O)c2ccc(Br)cc2)C1c1ccccc1. The number of carbonyl (C=O) groups excluding carboxylic acids is 2. The molecule has 1 heterocycles. The van der Waals surface area contributed by atoms with Crippen LogP contribution in [0.3, 0.4) is 0 Å². The highest BCUT2D eigenvalue weighted by atomic mass is 79.9. The Labute approximate surface area is 137 Å². The molecule has 5 heteroatoms. The van der Waals surface area contributed by atoms with Gasteiger partial charge in [0, 0.05) is 23.1 Å².